The minimum atomic E-state index is 0.684. The minimum absolute atomic E-state index is 0.684. The second-order valence-corrected chi connectivity index (χ2v) is 5.99. The van der Waals surface area contributed by atoms with E-state index in [1.165, 1.54) is 49.5 Å². The highest BCUT2D eigenvalue weighted by Crippen LogP contribution is 2.19. The zero-order valence-electron chi connectivity index (χ0n) is 12.5. The predicted octanol–water partition coefficient (Wildman–Crippen LogP) is 3.09. The Bertz CT molecular complexity index is 579. The summed E-state index contributed by atoms with van der Waals surface area (Å²) < 4.78 is 1.85. The number of aryl methyl sites for hydroxylation is 2. The van der Waals surface area contributed by atoms with E-state index in [-0.39, 0.29) is 0 Å². The zero-order chi connectivity index (χ0) is 13.9. The maximum Gasteiger partial charge on any atom is 0.157 e. The molecule has 0 spiro atoms. The van der Waals surface area contributed by atoms with Gasteiger partial charge in [0.25, 0.3) is 0 Å². The molecule has 1 aliphatic carbocycles. The summed E-state index contributed by atoms with van der Waals surface area (Å²) >= 11 is 0. The van der Waals surface area contributed by atoms with E-state index in [1.54, 1.807) is 0 Å². The van der Waals surface area contributed by atoms with E-state index in [0.717, 1.165) is 17.9 Å². The van der Waals surface area contributed by atoms with Crippen LogP contribution in [0.4, 0.5) is 0 Å². The summed E-state index contributed by atoms with van der Waals surface area (Å²) in [5.41, 5.74) is 3.30. The van der Waals surface area contributed by atoms with Crippen LogP contribution in [0.5, 0.6) is 0 Å². The van der Waals surface area contributed by atoms with Crippen LogP contribution in [0.15, 0.2) is 12.3 Å². The first-order valence-corrected chi connectivity index (χ1v) is 7.75. The van der Waals surface area contributed by atoms with Crippen LogP contribution in [-0.4, -0.2) is 20.8 Å². The number of pyridine rings is 1. The molecule has 0 bridgehead atoms. The third-order valence-electron chi connectivity index (χ3n) is 4.37. The van der Waals surface area contributed by atoms with Crippen molar-refractivity contribution in [2.75, 3.05) is 0 Å². The SMILES string of the molecule is Cc1nn(C)c2ncc(CNC3CCCCCC3)cc12. The van der Waals surface area contributed by atoms with Gasteiger partial charge in [-0.05, 0) is 31.4 Å². The first-order chi connectivity index (χ1) is 9.74. The Morgan fingerprint density at radius 1 is 1.25 bits per heavy atom. The summed E-state index contributed by atoms with van der Waals surface area (Å²) in [7, 11) is 1.95. The molecule has 1 aliphatic rings. The van der Waals surface area contributed by atoms with Crippen LogP contribution in [0.3, 0.4) is 0 Å². The first kappa shape index (κ1) is 13.6. The monoisotopic (exact) mass is 272 g/mol. The molecule has 20 heavy (non-hydrogen) atoms. The fraction of sp³-hybridized carbons (Fsp3) is 0.625. The number of nitrogens with zero attached hydrogens (tertiary/aromatic N) is 3. The number of hydrogen-bond donors (Lipinski definition) is 1. The van der Waals surface area contributed by atoms with Gasteiger partial charge < -0.3 is 5.32 Å². The molecule has 0 radical (unpaired) electrons. The van der Waals surface area contributed by atoms with Crippen LogP contribution in [-0.2, 0) is 13.6 Å². The largest absolute Gasteiger partial charge is 0.310 e. The van der Waals surface area contributed by atoms with Crippen molar-refractivity contribution in [1.82, 2.24) is 20.1 Å². The summed E-state index contributed by atoms with van der Waals surface area (Å²) in [6.07, 6.45) is 10.2. The third-order valence-corrected chi connectivity index (χ3v) is 4.37. The molecule has 0 aromatic carbocycles. The highest BCUT2D eigenvalue weighted by atomic mass is 15.3. The highest BCUT2D eigenvalue weighted by molar-refractivity contribution is 5.78. The normalized spacial score (nSPS) is 17.5. The highest BCUT2D eigenvalue weighted by Gasteiger charge is 2.12. The lowest BCUT2D eigenvalue weighted by Crippen LogP contribution is -2.27. The van der Waals surface area contributed by atoms with E-state index in [0.29, 0.717) is 6.04 Å². The summed E-state index contributed by atoms with van der Waals surface area (Å²) in [6, 6.07) is 2.91. The lowest BCUT2D eigenvalue weighted by Gasteiger charge is -2.16. The van der Waals surface area contributed by atoms with E-state index in [9.17, 15) is 0 Å². The van der Waals surface area contributed by atoms with Crippen molar-refractivity contribution in [2.45, 2.75) is 58.0 Å². The molecule has 0 amide bonds. The van der Waals surface area contributed by atoms with Crippen LogP contribution >= 0.6 is 0 Å². The Morgan fingerprint density at radius 3 is 2.75 bits per heavy atom. The molecule has 2 aromatic rings. The number of nitrogens with one attached hydrogen (secondary N) is 1. The van der Waals surface area contributed by atoms with Crippen molar-refractivity contribution in [3.05, 3.63) is 23.5 Å². The van der Waals surface area contributed by atoms with Gasteiger partial charge in [-0.25, -0.2) is 4.98 Å². The Labute approximate surface area is 120 Å². The summed E-state index contributed by atoms with van der Waals surface area (Å²) in [6.45, 7) is 2.97. The van der Waals surface area contributed by atoms with Gasteiger partial charge in [0.1, 0.15) is 0 Å². The second kappa shape index (κ2) is 5.92. The molecule has 0 saturated heterocycles. The topological polar surface area (TPSA) is 42.7 Å². The van der Waals surface area contributed by atoms with Crippen molar-refractivity contribution in [3.63, 3.8) is 0 Å². The van der Waals surface area contributed by atoms with Gasteiger partial charge >= 0.3 is 0 Å². The lowest BCUT2D eigenvalue weighted by atomic mass is 10.1. The van der Waals surface area contributed by atoms with Gasteiger partial charge in [0.05, 0.1) is 5.69 Å². The predicted molar refractivity (Wildman–Crippen MR) is 81.6 cm³/mol. The molecule has 1 N–H and O–H groups in total. The molecule has 4 nitrogen and oxygen atoms in total. The van der Waals surface area contributed by atoms with Gasteiger partial charge in [0, 0.05) is 31.2 Å². The second-order valence-electron chi connectivity index (χ2n) is 5.99. The number of fused-ring (bicyclic) bond motifs is 1. The van der Waals surface area contributed by atoms with Crippen LogP contribution in [0.1, 0.15) is 49.8 Å². The molecule has 4 heteroatoms. The molecule has 0 aliphatic heterocycles. The first-order valence-electron chi connectivity index (χ1n) is 7.75. The molecule has 0 unspecified atom stereocenters. The Morgan fingerprint density at radius 2 is 2.00 bits per heavy atom. The van der Waals surface area contributed by atoms with E-state index in [2.05, 4.69) is 21.5 Å². The van der Waals surface area contributed by atoms with Crippen molar-refractivity contribution in [3.8, 4) is 0 Å². The van der Waals surface area contributed by atoms with Crippen molar-refractivity contribution in [2.24, 2.45) is 7.05 Å². The maximum absolute atomic E-state index is 4.54. The van der Waals surface area contributed by atoms with E-state index >= 15 is 0 Å². The van der Waals surface area contributed by atoms with Crippen LogP contribution in [0, 0.1) is 6.92 Å². The Hall–Kier alpha value is -1.42. The van der Waals surface area contributed by atoms with E-state index in [4.69, 9.17) is 0 Å². The number of hydrogen-bond acceptors (Lipinski definition) is 3. The molecular formula is C16H24N4. The molecule has 3 rings (SSSR count). The van der Waals surface area contributed by atoms with Gasteiger partial charge in [0.2, 0.25) is 0 Å². The van der Waals surface area contributed by atoms with Crippen molar-refractivity contribution < 1.29 is 0 Å². The van der Waals surface area contributed by atoms with Crippen molar-refractivity contribution >= 4 is 11.0 Å². The minimum Gasteiger partial charge on any atom is -0.310 e. The molecule has 2 heterocycles. The Kier molecular flexibility index (Phi) is 4.01. The Balaban J connectivity index is 1.69. The number of rotatable bonds is 3. The molecule has 1 fully saturated rings. The van der Waals surface area contributed by atoms with Gasteiger partial charge in [-0.1, -0.05) is 25.7 Å². The van der Waals surface area contributed by atoms with Gasteiger partial charge in [-0.3, -0.25) is 4.68 Å². The van der Waals surface area contributed by atoms with Crippen LogP contribution < -0.4 is 5.32 Å². The quantitative estimate of drug-likeness (QED) is 0.873. The maximum atomic E-state index is 4.54. The van der Waals surface area contributed by atoms with E-state index < -0.39 is 0 Å². The number of aromatic nitrogens is 3. The summed E-state index contributed by atoms with van der Waals surface area (Å²) in [5, 5.41) is 9.30. The van der Waals surface area contributed by atoms with Crippen molar-refractivity contribution in [1.29, 1.82) is 0 Å². The molecule has 0 atom stereocenters. The zero-order valence-corrected chi connectivity index (χ0v) is 12.5. The van der Waals surface area contributed by atoms with Gasteiger partial charge in [-0.2, -0.15) is 5.10 Å². The fourth-order valence-corrected chi connectivity index (χ4v) is 3.19. The average molecular weight is 272 g/mol. The molecule has 2 aromatic heterocycles. The van der Waals surface area contributed by atoms with Gasteiger partial charge in [-0.15, -0.1) is 0 Å². The van der Waals surface area contributed by atoms with Crippen LogP contribution in [0.25, 0.3) is 11.0 Å². The lowest BCUT2D eigenvalue weighted by molar-refractivity contribution is 0.459. The average Bonchev–Trinajstić information content (AvgIpc) is 2.65. The summed E-state index contributed by atoms with van der Waals surface area (Å²) in [4.78, 5) is 4.54. The van der Waals surface area contributed by atoms with E-state index in [1.807, 2.05) is 24.9 Å². The molecule has 1 saturated carbocycles. The smallest absolute Gasteiger partial charge is 0.157 e. The molecular weight excluding hydrogens is 248 g/mol. The molecule has 108 valence electrons. The fourth-order valence-electron chi connectivity index (χ4n) is 3.19. The third kappa shape index (κ3) is 2.85. The van der Waals surface area contributed by atoms with Crippen LogP contribution in [0.2, 0.25) is 0 Å². The van der Waals surface area contributed by atoms with Gasteiger partial charge in [0.15, 0.2) is 5.65 Å². The standard InChI is InChI=1S/C16H24N4/c1-12-15-9-13(11-18-16(15)20(2)19-12)10-17-14-7-5-3-4-6-8-14/h9,11,14,17H,3-8,10H2,1-2H3. The summed E-state index contributed by atoms with van der Waals surface area (Å²) in [5.74, 6) is 0.